The summed E-state index contributed by atoms with van der Waals surface area (Å²) in [4.78, 5) is 45.7. The molecule has 0 bridgehead atoms. The van der Waals surface area contributed by atoms with Crippen molar-refractivity contribution in [2.24, 2.45) is 5.92 Å². The molecule has 0 saturated carbocycles. The van der Waals surface area contributed by atoms with Gasteiger partial charge in [0, 0.05) is 113 Å². The number of rotatable bonds is 16. The fourth-order valence-electron chi connectivity index (χ4n) is 14.0. The second-order valence-electron chi connectivity index (χ2n) is 27.3. The molecule has 20 rings (SSSR count). The number of hydroxylamine groups is 5. The molecule has 11 nitrogen and oxygen atoms in total. The molecule has 18 heterocycles. The summed E-state index contributed by atoms with van der Waals surface area (Å²) >= 11 is 51.5. The molecule has 0 aliphatic carbocycles. The van der Waals surface area contributed by atoms with Crippen molar-refractivity contribution in [2.45, 2.75) is 19.4 Å². The van der Waals surface area contributed by atoms with Crippen LogP contribution >= 0.6 is 199 Å². The molecule has 1 amide bonds. The summed E-state index contributed by atoms with van der Waals surface area (Å²) in [6.07, 6.45) is 2.30. The average molecular weight is 1970 g/mol. The van der Waals surface area contributed by atoms with Gasteiger partial charge in [-0.1, -0.05) is 170 Å². The minimum Gasteiger partial charge on any atom is -0.489 e. The Hall–Kier alpha value is -8.29. The number of nitrogens with one attached hydrogen (secondary N) is 1. The van der Waals surface area contributed by atoms with Crippen LogP contribution < -0.4 is 5.48 Å². The molecule has 7 aliphatic heterocycles. The van der Waals surface area contributed by atoms with Crippen molar-refractivity contribution in [3.8, 4) is 0 Å². The fourth-order valence-corrected chi connectivity index (χ4v) is 24.8. The van der Waals surface area contributed by atoms with E-state index < -0.39 is 0 Å². The number of halogens is 7. The van der Waals surface area contributed by atoms with E-state index in [1.165, 1.54) is 61.3 Å². The third kappa shape index (κ3) is 20.4. The fraction of sp³-hybridized carbons (Fsp3) is 0.120. The Labute approximate surface area is 779 Å². The van der Waals surface area contributed by atoms with Gasteiger partial charge in [-0.2, -0.15) is 0 Å². The number of allylic oxidation sites excluding steroid dienone is 6. The first kappa shape index (κ1) is 87.6. The predicted octanol–water partition coefficient (Wildman–Crippen LogP) is 30.5. The van der Waals surface area contributed by atoms with E-state index in [9.17, 15) is 9.18 Å². The number of carbonyl (C=O) groups excluding carboxylic acids is 1. The van der Waals surface area contributed by atoms with Crippen LogP contribution in [-0.4, -0.2) is 72.8 Å². The molecule has 0 unspecified atom stereocenters. The van der Waals surface area contributed by atoms with Crippen LogP contribution in [0.1, 0.15) is 77.6 Å². The molecule has 7 aliphatic rings. The lowest BCUT2D eigenvalue weighted by molar-refractivity contribution is -0.121. The van der Waals surface area contributed by atoms with E-state index in [1.807, 2.05) is 137 Å². The lowest BCUT2D eigenvalue weighted by Gasteiger charge is -2.29. The molecular formula is C92H72BrCl5FN5O6S11. The van der Waals surface area contributed by atoms with E-state index in [-0.39, 0.29) is 11.7 Å². The Bertz CT molecular complexity index is 6170. The van der Waals surface area contributed by atoms with Crippen LogP contribution in [0, 0.1) is 11.7 Å². The van der Waals surface area contributed by atoms with E-state index in [4.69, 9.17) is 82.0 Å². The first-order valence-corrected chi connectivity index (χ1v) is 49.2. The topological polar surface area (TPSA) is 88.2 Å². The lowest BCUT2D eigenvalue weighted by atomic mass is 9.99. The van der Waals surface area contributed by atoms with Crippen LogP contribution in [0.2, 0.25) is 21.7 Å². The summed E-state index contributed by atoms with van der Waals surface area (Å²) in [6.45, 7) is 29.4. The molecule has 0 radical (unpaired) electrons. The Morgan fingerprint density at radius 1 is 0.455 bits per heavy atom. The number of likely N-dealkylation sites (N-methyl/N-ethyl adjacent to an activating group) is 1. The minimum atomic E-state index is -0.241. The summed E-state index contributed by atoms with van der Waals surface area (Å²) < 4.78 is 29.0. The van der Waals surface area contributed by atoms with E-state index in [2.05, 4.69) is 131 Å². The molecule has 121 heavy (non-hydrogen) atoms. The van der Waals surface area contributed by atoms with Crippen LogP contribution in [0.15, 0.2) is 293 Å². The van der Waals surface area contributed by atoms with Gasteiger partial charge in [0.25, 0.3) is 5.91 Å². The zero-order chi connectivity index (χ0) is 84.5. The highest BCUT2D eigenvalue weighted by molar-refractivity contribution is 9.11. The van der Waals surface area contributed by atoms with E-state index in [1.54, 1.807) is 131 Å². The van der Waals surface area contributed by atoms with Gasteiger partial charge in [0.2, 0.25) is 0 Å². The van der Waals surface area contributed by atoms with Gasteiger partial charge in [0.15, 0.2) is 17.3 Å². The highest BCUT2D eigenvalue weighted by Gasteiger charge is 2.37. The van der Waals surface area contributed by atoms with Crippen molar-refractivity contribution in [1.29, 1.82) is 0 Å². The molecular weight excluding hydrogens is 1900 g/mol. The Morgan fingerprint density at radius 2 is 0.934 bits per heavy atom. The van der Waals surface area contributed by atoms with Crippen molar-refractivity contribution in [2.75, 3.05) is 47.0 Å². The highest BCUT2D eigenvalue weighted by atomic mass is 79.9. The quantitative estimate of drug-likeness (QED) is 0.101. The third-order valence-electron chi connectivity index (χ3n) is 19.6. The van der Waals surface area contributed by atoms with E-state index in [0.29, 0.717) is 52.0 Å². The molecule has 616 valence electrons. The Balaban J connectivity index is 0.000000114. The van der Waals surface area contributed by atoms with Gasteiger partial charge in [0.05, 0.1) is 68.9 Å². The van der Waals surface area contributed by atoms with Crippen LogP contribution in [-0.2, 0) is 35.3 Å². The highest BCUT2D eigenvalue weighted by Crippen LogP contribution is 2.51. The summed E-state index contributed by atoms with van der Waals surface area (Å²) in [5.74, 6) is 3.08. The van der Waals surface area contributed by atoms with Gasteiger partial charge in [-0.05, 0) is 194 Å². The smallest absolute Gasteiger partial charge is 0.260 e. The molecule has 1 fully saturated rings. The van der Waals surface area contributed by atoms with Crippen molar-refractivity contribution < 1.29 is 33.2 Å². The number of benzene rings is 2. The first-order chi connectivity index (χ1) is 58.6. The molecule has 1 N–H and O–H groups in total. The van der Waals surface area contributed by atoms with Gasteiger partial charge in [-0.3, -0.25) is 4.79 Å². The molecule has 13 aromatic rings. The van der Waals surface area contributed by atoms with Crippen molar-refractivity contribution in [3.63, 3.8) is 0 Å². The predicted molar refractivity (Wildman–Crippen MR) is 522 cm³/mol. The van der Waals surface area contributed by atoms with Gasteiger partial charge >= 0.3 is 0 Å². The zero-order valence-corrected chi connectivity index (χ0v) is 79.0. The molecule has 11 aromatic heterocycles. The number of hydrogen-bond donors (Lipinski definition) is 1. The second kappa shape index (κ2) is 40.1. The second-order valence-corrected chi connectivity index (χ2v) is 43.0. The van der Waals surface area contributed by atoms with E-state index in [0.717, 1.165) is 172 Å². The number of amides is 1. The molecule has 0 atom stereocenters. The van der Waals surface area contributed by atoms with Crippen LogP contribution in [0.4, 0.5) is 4.39 Å². The minimum absolute atomic E-state index is 0.0214. The number of hydrogen-bond acceptors (Lipinski definition) is 21. The van der Waals surface area contributed by atoms with Crippen LogP contribution in [0.25, 0.3) is 67.2 Å². The van der Waals surface area contributed by atoms with E-state index >= 15 is 0 Å². The molecule has 2 aromatic carbocycles. The summed E-state index contributed by atoms with van der Waals surface area (Å²) in [6, 6.07) is 60.9. The number of nitrogens with zero attached hydrogens (tertiary/aromatic N) is 4. The maximum absolute atomic E-state index is 13.0. The molecule has 1 saturated heterocycles. The normalized spacial score (nSPS) is 16.0. The lowest BCUT2D eigenvalue weighted by Crippen LogP contribution is -2.30. The van der Waals surface area contributed by atoms with Gasteiger partial charge in [0.1, 0.15) is 35.3 Å². The van der Waals surface area contributed by atoms with Crippen molar-refractivity contribution >= 4 is 272 Å². The standard InChI is InChI=1S/C19H20ClNOS2.C19H14ClNOS2.C15H10BrFOS.C14H10ClNOS2.C13H10ClNOS2.C12H8ClNOS2/c1-13-19(17-3-2-10-23-17)15(16-4-5-18(20)24-16)12-21(13)11-14-6-8-22-9-7-14;1-13-18(15-8-5-11-23-15)19(16-9-10-17(20)24-16)21(22-13)12-14-6-3-2-4-7-14;1-9-15(10-2-4-11(17)5-3-10)12(8-18-9)13-6-7-14(16)19-13;1-8-12(9-4-3-7-18-9)13(14(17)16(8)2)10-5-6-11(15)19-10;1-8-12(9-4-3-7-17-9)13(15(2)16-8)10-5-6-11(14)18-10;1-7-11(8-3-2-6-16-8)12(14-15-7)9-4-5-10(13)17-9/h2-5,10,14H,1,6-9,11-12H2;2-11H,1,12H2;2-7H,1,8H2;3-7H,1H2,2H3;3-7H,1H2,2H3;2-6,14H,1H2. The summed E-state index contributed by atoms with van der Waals surface area (Å²) in [5, 5.41) is 13.9. The maximum Gasteiger partial charge on any atom is 0.260 e. The zero-order valence-electron chi connectivity index (χ0n) is 64.6. The molecule has 29 heteroatoms. The summed E-state index contributed by atoms with van der Waals surface area (Å²) in [7, 11) is 3.63. The Morgan fingerprint density at radius 3 is 1.45 bits per heavy atom. The number of thiophene rings is 11. The summed E-state index contributed by atoms with van der Waals surface area (Å²) in [5.41, 5.74) is 19.4. The Kier molecular flexibility index (Phi) is 29.1. The number of ether oxygens (including phenoxy) is 2. The average Bonchev–Trinajstić information content (AvgIpc) is 1.62. The third-order valence-corrected chi connectivity index (χ3v) is 32.0. The van der Waals surface area contributed by atoms with Crippen molar-refractivity contribution in [1.82, 2.24) is 25.4 Å². The largest absolute Gasteiger partial charge is 0.489 e. The molecule has 0 spiro atoms. The number of carbonyl (C=O) groups is 1. The van der Waals surface area contributed by atoms with Gasteiger partial charge in [-0.15, -0.1) is 125 Å². The first-order valence-electron chi connectivity index (χ1n) is 37.3. The monoisotopic (exact) mass is 1970 g/mol. The maximum atomic E-state index is 13.0. The van der Waals surface area contributed by atoms with Gasteiger partial charge in [-0.25, -0.2) is 20.0 Å². The van der Waals surface area contributed by atoms with Gasteiger partial charge < -0.3 is 33.8 Å². The van der Waals surface area contributed by atoms with Crippen LogP contribution in [0.3, 0.4) is 0 Å². The van der Waals surface area contributed by atoms with Crippen molar-refractivity contribution in [3.05, 3.63) is 385 Å². The SMILES string of the molecule is C=C1C(c2cccs2)=C(c2ccc(Cl)s2)C(=O)N1C.C=C1C(c2cccs2)=C(c2ccc(Cl)s2)CN1CC1CCOCC1.C=C1OCC(c2ccc(Br)s2)=C1c1ccc(F)cc1.C=C1ON(C)C(c2ccc(Cl)s2)=C1c1cccs1.C=C1ON(Cc2ccccc2)C(c2ccc(Cl)s2)=C1c1cccs1.C=C1ONC(c2ccc(Cl)s2)=C1c1cccs1. The van der Waals surface area contributed by atoms with Crippen LogP contribution in [0.5, 0.6) is 0 Å².